The van der Waals surface area contributed by atoms with Crippen LogP contribution in [0.3, 0.4) is 0 Å². The molecule has 0 aromatic heterocycles. The van der Waals surface area contributed by atoms with Gasteiger partial charge in [-0.3, -0.25) is 4.79 Å². The summed E-state index contributed by atoms with van der Waals surface area (Å²) in [5.74, 6) is 0.191. The lowest BCUT2D eigenvalue weighted by molar-refractivity contribution is -0.131. The van der Waals surface area contributed by atoms with Gasteiger partial charge in [0.2, 0.25) is 5.91 Å². The van der Waals surface area contributed by atoms with Crippen molar-refractivity contribution in [1.29, 1.82) is 0 Å². The molecule has 1 fully saturated rings. The highest BCUT2D eigenvalue weighted by Gasteiger charge is 2.19. The standard InChI is InChI=1S/C11H19NO2/c1-4-10(9(2)3)11(13)12-5-7-14-8-6-12/h4-8H2,1-3H3. The van der Waals surface area contributed by atoms with Crippen molar-refractivity contribution >= 4 is 5.91 Å². The Morgan fingerprint density at radius 1 is 1.29 bits per heavy atom. The van der Waals surface area contributed by atoms with E-state index in [-0.39, 0.29) is 5.91 Å². The lowest BCUT2D eigenvalue weighted by atomic mass is 10.1. The fraction of sp³-hybridized carbons (Fsp3) is 0.727. The number of amides is 1. The number of allylic oxidation sites excluding steroid dienone is 1. The summed E-state index contributed by atoms with van der Waals surface area (Å²) in [5, 5.41) is 0. The molecule has 0 unspecified atom stereocenters. The van der Waals surface area contributed by atoms with Crippen molar-refractivity contribution in [2.24, 2.45) is 0 Å². The summed E-state index contributed by atoms with van der Waals surface area (Å²) < 4.78 is 5.21. The quantitative estimate of drug-likeness (QED) is 0.629. The predicted molar refractivity (Wildman–Crippen MR) is 56.1 cm³/mol. The Morgan fingerprint density at radius 2 is 1.86 bits per heavy atom. The molecule has 0 radical (unpaired) electrons. The van der Waals surface area contributed by atoms with Gasteiger partial charge in [-0.05, 0) is 20.3 Å². The van der Waals surface area contributed by atoms with Gasteiger partial charge in [0.25, 0.3) is 0 Å². The van der Waals surface area contributed by atoms with Gasteiger partial charge in [0.1, 0.15) is 0 Å². The molecule has 0 saturated carbocycles. The third-order valence-electron chi connectivity index (χ3n) is 2.51. The van der Waals surface area contributed by atoms with E-state index in [1.807, 2.05) is 25.7 Å². The van der Waals surface area contributed by atoms with Gasteiger partial charge in [0, 0.05) is 18.7 Å². The molecule has 0 bridgehead atoms. The fourth-order valence-electron chi connectivity index (χ4n) is 1.68. The smallest absolute Gasteiger partial charge is 0.249 e. The first-order chi connectivity index (χ1) is 6.66. The molecule has 1 saturated heterocycles. The summed E-state index contributed by atoms with van der Waals surface area (Å²) in [6.45, 7) is 8.83. The Hall–Kier alpha value is -0.830. The van der Waals surface area contributed by atoms with Crippen molar-refractivity contribution in [2.75, 3.05) is 26.3 Å². The lowest BCUT2D eigenvalue weighted by Crippen LogP contribution is -2.41. The summed E-state index contributed by atoms with van der Waals surface area (Å²) in [6, 6.07) is 0. The van der Waals surface area contributed by atoms with E-state index in [0.29, 0.717) is 13.2 Å². The second kappa shape index (κ2) is 5.15. The Labute approximate surface area is 85.7 Å². The Morgan fingerprint density at radius 3 is 2.29 bits per heavy atom. The minimum Gasteiger partial charge on any atom is -0.378 e. The first kappa shape index (κ1) is 11.2. The first-order valence-electron chi connectivity index (χ1n) is 5.20. The minimum absolute atomic E-state index is 0.191. The van der Waals surface area contributed by atoms with E-state index in [4.69, 9.17) is 4.74 Å². The molecule has 1 amide bonds. The minimum atomic E-state index is 0.191. The van der Waals surface area contributed by atoms with Gasteiger partial charge >= 0.3 is 0 Å². The monoisotopic (exact) mass is 197 g/mol. The summed E-state index contributed by atoms with van der Waals surface area (Å²) in [6.07, 6.45) is 0.818. The molecule has 0 atom stereocenters. The average molecular weight is 197 g/mol. The van der Waals surface area contributed by atoms with Gasteiger partial charge < -0.3 is 9.64 Å². The maximum absolute atomic E-state index is 12.0. The zero-order valence-corrected chi connectivity index (χ0v) is 9.30. The van der Waals surface area contributed by atoms with Crippen molar-refractivity contribution in [3.63, 3.8) is 0 Å². The highest BCUT2D eigenvalue weighted by Crippen LogP contribution is 2.12. The highest BCUT2D eigenvalue weighted by atomic mass is 16.5. The van der Waals surface area contributed by atoms with Crippen LogP contribution in [-0.4, -0.2) is 37.1 Å². The van der Waals surface area contributed by atoms with Crippen molar-refractivity contribution in [3.8, 4) is 0 Å². The van der Waals surface area contributed by atoms with Crippen molar-refractivity contribution in [1.82, 2.24) is 4.90 Å². The van der Waals surface area contributed by atoms with Crippen LogP contribution in [-0.2, 0) is 9.53 Å². The van der Waals surface area contributed by atoms with Crippen LogP contribution in [0.1, 0.15) is 27.2 Å². The topological polar surface area (TPSA) is 29.5 Å². The molecular weight excluding hydrogens is 178 g/mol. The summed E-state index contributed by atoms with van der Waals surface area (Å²) in [5.41, 5.74) is 2.08. The normalized spacial score (nSPS) is 16.6. The Balaban J connectivity index is 2.67. The van der Waals surface area contributed by atoms with Crippen LogP contribution < -0.4 is 0 Å². The SMILES string of the molecule is CCC(C(=O)N1CCOCC1)=C(C)C. The van der Waals surface area contributed by atoms with Gasteiger partial charge in [-0.1, -0.05) is 12.5 Å². The highest BCUT2D eigenvalue weighted by molar-refractivity contribution is 5.94. The number of rotatable bonds is 2. The van der Waals surface area contributed by atoms with Crippen molar-refractivity contribution in [3.05, 3.63) is 11.1 Å². The Kier molecular flexibility index (Phi) is 4.14. The van der Waals surface area contributed by atoms with Gasteiger partial charge in [-0.15, -0.1) is 0 Å². The zero-order chi connectivity index (χ0) is 10.6. The third-order valence-corrected chi connectivity index (χ3v) is 2.51. The molecule has 1 rings (SSSR count). The molecule has 0 N–H and O–H groups in total. The van der Waals surface area contributed by atoms with Crippen molar-refractivity contribution < 1.29 is 9.53 Å². The van der Waals surface area contributed by atoms with E-state index >= 15 is 0 Å². The van der Waals surface area contributed by atoms with Crippen LogP contribution >= 0.6 is 0 Å². The second-order valence-corrected chi connectivity index (χ2v) is 3.74. The molecule has 1 aliphatic rings. The third kappa shape index (κ3) is 2.58. The molecule has 3 heteroatoms. The predicted octanol–water partition coefficient (Wildman–Crippen LogP) is 1.59. The maximum atomic E-state index is 12.0. The number of ether oxygens (including phenoxy) is 1. The van der Waals surface area contributed by atoms with Crippen LogP contribution in [0, 0.1) is 0 Å². The van der Waals surface area contributed by atoms with Crippen LogP contribution in [0.25, 0.3) is 0 Å². The molecular formula is C11H19NO2. The number of hydrogen-bond donors (Lipinski definition) is 0. The fourth-order valence-corrected chi connectivity index (χ4v) is 1.68. The summed E-state index contributed by atoms with van der Waals surface area (Å²) in [4.78, 5) is 13.9. The molecule has 3 nitrogen and oxygen atoms in total. The van der Waals surface area contributed by atoms with Crippen LogP contribution in [0.4, 0.5) is 0 Å². The first-order valence-corrected chi connectivity index (χ1v) is 5.20. The second-order valence-electron chi connectivity index (χ2n) is 3.74. The number of hydrogen-bond acceptors (Lipinski definition) is 2. The molecule has 0 spiro atoms. The van der Waals surface area contributed by atoms with Crippen LogP contribution in [0.5, 0.6) is 0 Å². The van der Waals surface area contributed by atoms with Gasteiger partial charge in [-0.2, -0.15) is 0 Å². The number of carbonyl (C=O) groups excluding carboxylic acids is 1. The summed E-state index contributed by atoms with van der Waals surface area (Å²) >= 11 is 0. The molecule has 14 heavy (non-hydrogen) atoms. The van der Waals surface area contributed by atoms with Gasteiger partial charge in [0.15, 0.2) is 0 Å². The molecule has 1 aliphatic heterocycles. The number of carbonyl (C=O) groups is 1. The zero-order valence-electron chi connectivity index (χ0n) is 9.30. The lowest BCUT2D eigenvalue weighted by Gasteiger charge is -2.28. The van der Waals surface area contributed by atoms with Crippen molar-refractivity contribution in [2.45, 2.75) is 27.2 Å². The Bertz CT molecular complexity index is 236. The van der Waals surface area contributed by atoms with E-state index < -0.39 is 0 Å². The molecule has 80 valence electrons. The van der Waals surface area contributed by atoms with E-state index in [9.17, 15) is 4.79 Å². The van der Waals surface area contributed by atoms with Gasteiger partial charge in [0.05, 0.1) is 13.2 Å². The average Bonchev–Trinajstić information content (AvgIpc) is 2.19. The largest absolute Gasteiger partial charge is 0.378 e. The van der Waals surface area contributed by atoms with Crippen LogP contribution in [0.2, 0.25) is 0 Å². The van der Waals surface area contributed by atoms with E-state index in [2.05, 4.69) is 0 Å². The maximum Gasteiger partial charge on any atom is 0.249 e. The summed E-state index contributed by atoms with van der Waals surface area (Å²) in [7, 11) is 0. The van der Waals surface area contributed by atoms with Crippen LogP contribution in [0.15, 0.2) is 11.1 Å². The number of morpholine rings is 1. The molecule has 0 aromatic carbocycles. The number of nitrogens with zero attached hydrogens (tertiary/aromatic N) is 1. The molecule has 0 aliphatic carbocycles. The van der Waals surface area contributed by atoms with E-state index in [0.717, 1.165) is 30.7 Å². The molecule has 1 heterocycles. The van der Waals surface area contributed by atoms with E-state index in [1.54, 1.807) is 0 Å². The van der Waals surface area contributed by atoms with Gasteiger partial charge in [-0.25, -0.2) is 0 Å². The molecule has 0 aromatic rings. The van der Waals surface area contributed by atoms with E-state index in [1.165, 1.54) is 0 Å².